The lowest BCUT2D eigenvalue weighted by atomic mass is 9.93. The number of rotatable bonds is 4. The van der Waals surface area contributed by atoms with Crippen molar-refractivity contribution in [2.24, 2.45) is 0 Å². The molecule has 0 spiro atoms. The van der Waals surface area contributed by atoms with Crippen molar-refractivity contribution >= 4 is 6.03 Å². The van der Waals surface area contributed by atoms with E-state index in [1.165, 1.54) is 0 Å². The fraction of sp³-hybridized carbons (Fsp3) is 0.714. The number of hydrogen-bond acceptors (Lipinski definition) is 3. The van der Waals surface area contributed by atoms with E-state index >= 15 is 0 Å². The first-order valence-corrected chi connectivity index (χ1v) is 7.29. The van der Waals surface area contributed by atoms with E-state index in [0.717, 1.165) is 37.1 Å². The predicted molar refractivity (Wildman–Crippen MR) is 76.4 cm³/mol. The zero-order valence-electron chi connectivity index (χ0n) is 12.1. The molecule has 1 aromatic rings. The van der Waals surface area contributed by atoms with E-state index in [-0.39, 0.29) is 24.2 Å². The van der Waals surface area contributed by atoms with E-state index in [1.54, 1.807) is 0 Å². The minimum Gasteiger partial charge on any atom is -0.393 e. The number of H-pyrrole nitrogens is 1. The van der Waals surface area contributed by atoms with Crippen molar-refractivity contribution in [3.05, 3.63) is 17.5 Å². The Labute approximate surface area is 119 Å². The topological polar surface area (TPSA) is 90.0 Å². The molecular weight excluding hydrogens is 256 g/mol. The van der Waals surface area contributed by atoms with E-state index < -0.39 is 0 Å². The van der Waals surface area contributed by atoms with Gasteiger partial charge < -0.3 is 15.7 Å². The lowest BCUT2D eigenvalue weighted by Crippen LogP contribution is -2.47. The van der Waals surface area contributed by atoms with E-state index in [9.17, 15) is 9.90 Å². The largest absolute Gasteiger partial charge is 0.393 e. The van der Waals surface area contributed by atoms with Crippen LogP contribution in [0.1, 0.15) is 44.0 Å². The number of aliphatic hydroxyl groups is 1. The van der Waals surface area contributed by atoms with Gasteiger partial charge in [-0.05, 0) is 45.6 Å². The lowest BCUT2D eigenvalue weighted by Gasteiger charge is -2.26. The van der Waals surface area contributed by atoms with Gasteiger partial charge in [-0.3, -0.25) is 5.10 Å². The summed E-state index contributed by atoms with van der Waals surface area (Å²) in [4.78, 5) is 11.9. The van der Waals surface area contributed by atoms with Crippen molar-refractivity contribution in [3.63, 3.8) is 0 Å². The average molecular weight is 280 g/mol. The van der Waals surface area contributed by atoms with Crippen LogP contribution >= 0.6 is 0 Å². The van der Waals surface area contributed by atoms with Gasteiger partial charge in [0.15, 0.2) is 0 Å². The quantitative estimate of drug-likeness (QED) is 0.669. The number of aliphatic hydroxyl groups excluding tert-OH is 1. The summed E-state index contributed by atoms with van der Waals surface area (Å²) in [6, 6.07) is 2.06. The number of urea groups is 1. The molecule has 6 nitrogen and oxygen atoms in total. The van der Waals surface area contributed by atoms with Crippen LogP contribution in [0.4, 0.5) is 4.79 Å². The van der Waals surface area contributed by atoms with Gasteiger partial charge in [-0.15, -0.1) is 0 Å². The summed E-state index contributed by atoms with van der Waals surface area (Å²) in [5.41, 5.74) is 1.98. The highest BCUT2D eigenvalue weighted by Gasteiger charge is 2.21. The number of nitrogens with zero attached hydrogens (tertiary/aromatic N) is 1. The average Bonchev–Trinajstić information content (AvgIpc) is 2.77. The number of carbonyl (C=O) groups excluding carboxylic acids is 1. The van der Waals surface area contributed by atoms with E-state index in [4.69, 9.17) is 0 Å². The molecule has 1 fully saturated rings. The van der Waals surface area contributed by atoms with Crippen LogP contribution in [0.2, 0.25) is 0 Å². The van der Waals surface area contributed by atoms with Gasteiger partial charge in [-0.2, -0.15) is 5.10 Å². The lowest BCUT2D eigenvalue weighted by molar-refractivity contribution is 0.117. The molecule has 112 valence electrons. The van der Waals surface area contributed by atoms with Crippen molar-refractivity contribution in [2.75, 3.05) is 0 Å². The molecule has 1 unspecified atom stereocenters. The maximum atomic E-state index is 11.9. The molecule has 0 aromatic carbocycles. The van der Waals surface area contributed by atoms with Gasteiger partial charge in [0.2, 0.25) is 0 Å². The SMILES string of the molecule is Cc1cc(CC(C)NC(=O)NC2CCC(O)CC2)n[nH]1. The maximum absolute atomic E-state index is 11.9. The number of aromatic nitrogens is 2. The summed E-state index contributed by atoms with van der Waals surface area (Å²) >= 11 is 0. The minimum absolute atomic E-state index is 0.0341. The normalized spacial score (nSPS) is 24.1. The van der Waals surface area contributed by atoms with Crippen LogP contribution < -0.4 is 10.6 Å². The van der Waals surface area contributed by atoms with E-state index in [0.29, 0.717) is 6.42 Å². The summed E-state index contributed by atoms with van der Waals surface area (Å²) in [7, 11) is 0. The molecule has 0 bridgehead atoms. The van der Waals surface area contributed by atoms with Crippen LogP contribution in [0.3, 0.4) is 0 Å². The Balaban J connectivity index is 1.71. The highest BCUT2D eigenvalue weighted by atomic mass is 16.3. The van der Waals surface area contributed by atoms with Crippen LogP contribution in [0.15, 0.2) is 6.07 Å². The molecule has 2 amide bonds. The summed E-state index contributed by atoms with van der Waals surface area (Å²) < 4.78 is 0. The van der Waals surface area contributed by atoms with Crippen molar-refractivity contribution in [2.45, 2.75) is 64.1 Å². The second-order valence-corrected chi connectivity index (χ2v) is 5.77. The monoisotopic (exact) mass is 280 g/mol. The number of hydrogen-bond donors (Lipinski definition) is 4. The van der Waals surface area contributed by atoms with Crippen molar-refractivity contribution in [1.82, 2.24) is 20.8 Å². The molecule has 0 saturated heterocycles. The van der Waals surface area contributed by atoms with Crippen LogP contribution in [-0.2, 0) is 6.42 Å². The third-order valence-electron chi connectivity index (χ3n) is 3.68. The second kappa shape index (κ2) is 6.74. The third kappa shape index (κ3) is 4.52. The molecule has 6 heteroatoms. The molecule has 0 aliphatic heterocycles. The highest BCUT2D eigenvalue weighted by molar-refractivity contribution is 5.74. The number of nitrogens with one attached hydrogen (secondary N) is 3. The second-order valence-electron chi connectivity index (χ2n) is 5.77. The van der Waals surface area contributed by atoms with Gasteiger partial charge in [0.1, 0.15) is 0 Å². The van der Waals surface area contributed by atoms with E-state index in [1.807, 2.05) is 19.9 Å². The van der Waals surface area contributed by atoms with Crippen molar-refractivity contribution < 1.29 is 9.90 Å². The standard InChI is InChI=1S/C14H24N4O2/c1-9(7-12-8-10(2)17-18-12)15-14(20)16-11-3-5-13(19)6-4-11/h8-9,11,13,19H,3-7H2,1-2H3,(H,17,18)(H2,15,16,20). The Hall–Kier alpha value is -1.56. The van der Waals surface area contributed by atoms with Crippen LogP contribution in [0, 0.1) is 6.92 Å². The van der Waals surface area contributed by atoms with Gasteiger partial charge in [-0.25, -0.2) is 4.79 Å². The molecule has 4 N–H and O–H groups in total. The van der Waals surface area contributed by atoms with Crippen LogP contribution in [-0.4, -0.2) is 39.5 Å². The van der Waals surface area contributed by atoms with Crippen LogP contribution in [0.5, 0.6) is 0 Å². The number of aromatic amines is 1. The number of carbonyl (C=O) groups is 1. The molecule has 1 aliphatic carbocycles. The van der Waals surface area contributed by atoms with Crippen molar-refractivity contribution in [3.8, 4) is 0 Å². The van der Waals surface area contributed by atoms with Gasteiger partial charge in [-0.1, -0.05) is 0 Å². The molecule has 2 rings (SSSR count). The third-order valence-corrected chi connectivity index (χ3v) is 3.68. The molecule has 1 aromatic heterocycles. The molecule has 20 heavy (non-hydrogen) atoms. The Morgan fingerprint density at radius 1 is 1.50 bits per heavy atom. The van der Waals surface area contributed by atoms with Gasteiger partial charge in [0.05, 0.1) is 11.8 Å². The highest BCUT2D eigenvalue weighted by Crippen LogP contribution is 2.18. The molecule has 1 atom stereocenters. The molecule has 1 aliphatic rings. The Morgan fingerprint density at radius 2 is 2.20 bits per heavy atom. The predicted octanol–water partition coefficient (Wildman–Crippen LogP) is 1.25. The molecule has 0 radical (unpaired) electrons. The number of amides is 2. The number of aryl methyl sites for hydroxylation is 1. The van der Waals surface area contributed by atoms with Gasteiger partial charge in [0.25, 0.3) is 0 Å². The Morgan fingerprint density at radius 3 is 2.80 bits per heavy atom. The van der Waals surface area contributed by atoms with E-state index in [2.05, 4.69) is 20.8 Å². The zero-order chi connectivity index (χ0) is 14.5. The molecule has 1 heterocycles. The smallest absolute Gasteiger partial charge is 0.315 e. The summed E-state index contributed by atoms with van der Waals surface area (Å²) in [6.07, 6.45) is 3.75. The van der Waals surface area contributed by atoms with Gasteiger partial charge in [0, 0.05) is 24.2 Å². The summed E-state index contributed by atoms with van der Waals surface area (Å²) in [5.74, 6) is 0. The first kappa shape index (κ1) is 14.8. The van der Waals surface area contributed by atoms with Crippen molar-refractivity contribution in [1.29, 1.82) is 0 Å². The van der Waals surface area contributed by atoms with Gasteiger partial charge >= 0.3 is 6.03 Å². The first-order valence-electron chi connectivity index (χ1n) is 7.29. The summed E-state index contributed by atoms with van der Waals surface area (Å²) in [5, 5.41) is 22.4. The fourth-order valence-electron chi connectivity index (χ4n) is 2.61. The minimum atomic E-state index is -0.196. The first-order chi connectivity index (χ1) is 9.52. The Kier molecular flexibility index (Phi) is 5.00. The fourth-order valence-corrected chi connectivity index (χ4v) is 2.61. The molecular formula is C14H24N4O2. The Bertz CT molecular complexity index is 438. The molecule has 1 saturated carbocycles. The maximum Gasteiger partial charge on any atom is 0.315 e. The van der Waals surface area contributed by atoms with Crippen LogP contribution in [0.25, 0.3) is 0 Å². The zero-order valence-corrected chi connectivity index (χ0v) is 12.1. The summed E-state index contributed by atoms with van der Waals surface area (Å²) in [6.45, 7) is 3.92.